The number of carbonyl (C=O) groups excluding carboxylic acids is 2. The Morgan fingerprint density at radius 3 is 2.84 bits per heavy atom. The van der Waals surface area contributed by atoms with Gasteiger partial charge in [0.2, 0.25) is 0 Å². The van der Waals surface area contributed by atoms with Gasteiger partial charge in [-0.3, -0.25) is 14.9 Å². The monoisotopic (exact) mass is 287 g/mol. The van der Waals surface area contributed by atoms with E-state index in [-0.39, 0.29) is 12.4 Å². The summed E-state index contributed by atoms with van der Waals surface area (Å²) in [5.41, 5.74) is -1.03. The molecule has 0 radical (unpaired) electrons. The zero-order valence-corrected chi connectivity index (χ0v) is 11.6. The van der Waals surface area contributed by atoms with Crippen LogP contribution in [0.3, 0.4) is 0 Å². The quantitative estimate of drug-likeness (QED) is 0.647. The third kappa shape index (κ3) is 5.75. The molecule has 0 bridgehead atoms. The molecule has 1 aromatic rings. The molecule has 0 aliphatic heterocycles. The molecule has 0 aliphatic carbocycles. The molecular weight excluding hydrogens is 270 g/mol. The van der Waals surface area contributed by atoms with Gasteiger partial charge in [-0.1, -0.05) is 5.16 Å². The van der Waals surface area contributed by atoms with Crippen molar-refractivity contribution in [2.45, 2.75) is 18.9 Å². The molecule has 1 rings (SSSR count). The Bertz CT molecular complexity index is 420. The summed E-state index contributed by atoms with van der Waals surface area (Å²) < 4.78 is 4.51. The van der Waals surface area contributed by atoms with Crippen molar-refractivity contribution in [3.63, 3.8) is 0 Å². The van der Waals surface area contributed by atoms with E-state index in [1.165, 1.54) is 12.3 Å². The van der Waals surface area contributed by atoms with Crippen molar-refractivity contribution in [3.05, 3.63) is 12.3 Å². The number of hydrogen-bond acceptors (Lipinski definition) is 6. The Morgan fingerprint density at radius 1 is 1.53 bits per heavy atom. The van der Waals surface area contributed by atoms with Crippen LogP contribution in [0.25, 0.3) is 0 Å². The van der Waals surface area contributed by atoms with Crippen LogP contribution in [0.4, 0.5) is 5.82 Å². The first-order valence-corrected chi connectivity index (χ1v) is 7.05. The number of hydrogen-bond donors (Lipinski definition) is 3. The van der Waals surface area contributed by atoms with E-state index >= 15 is 0 Å². The van der Waals surface area contributed by atoms with Crippen molar-refractivity contribution in [3.8, 4) is 0 Å². The summed E-state index contributed by atoms with van der Waals surface area (Å²) in [4.78, 5) is 22.9. The van der Waals surface area contributed by atoms with Crippen molar-refractivity contribution >= 4 is 29.4 Å². The lowest BCUT2D eigenvalue weighted by atomic mass is 10.0. The summed E-state index contributed by atoms with van der Waals surface area (Å²) in [6.45, 7) is 1.62. The van der Waals surface area contributed by atoms with E-state index < -0.39 is 17.4 Å². The van der Waals surface area contributed by atoms with Crippen molar-refractivity contribution in [1.82, 2.24) is 10.5 Å². The maximum atomic E-state index is 11.5. The first-order chi connectivity index (χ1) is 8.94. The first kappa shape index (κ1) is 15.5. The van der Waals surface area contributed by atoms with Crippen LogP contribution in [0.2, 0.25) is 0 Å². The lowest BCUT2D eigenvalue weighted by Crippen LogP contribution is -2.44. The molecule has 19 heavy (non-hydrogen) atoms. The predicted octanol–water partition coefficient (Wildman–Crippen LogP) is 0.233. The smallest absolute Gasteiger partial charge is 0.314 e. The van der Waals surface area contributed by atoms with Crippen LogP contribution < -0.4 is 10.6 Å². The van der Waals surface area contributed by atoms with Crippen LogP contribution in [-0.4, -0.2) is 46.2 Å². The molecule has 2 amide bonds. The molecule has 0 aliphatic rings. The van der Waals surface area contributed by atoms with Gasteiger partial charge in [-0.2, -0.15) is 11.8 Å². The van der Waals surface area contributed by atoms with E-state index in [4.69, 9.17) is 0 Å². The molecule has 0 saturated carbocycles. The van der Waals surface area contributed by atoms with Crippen LogP contribution in [0, 0.1) is 0 Å². The van der Waals surface area contributed by atoms with Gasteiger partial charge in [0, 0.05) is 12.6 Å². The van der Waals surface area contributed by atoms with Crippen molar-refractivity contribution in [2.24, 2.45) is 0 Å². The van der Waals surface area contributed by atoms with Gasteiger partial charge < -0.3 is 14.9 Å². The fourth-order valence-corrected chi connectivity index (χ4v) is 1.86. The number of rotatable bonds is 6. The van der Waals surface area contributed by atoms with E-state index in [9.17, 15) is 14.7 Å². The fourth-order valence-electron chi connectivity index (χ4n) is 1.21. The number of thioether (sulfide) groups is 1. The van der Waals surface area contributed by atoms with Crippen LogP contribution in [0.5, 0.6) is 0 Å². The highest BCUT2D eigenvalue weighted by molar-refractivity contribution is 7.98. The third-order valence-electron chi connectivity index (χ3n) is 2.36. The average Bonchev–Trinajstić information content (AvgIpc) is 2.86. The molecule has 1 heterocycles. The van der Waals surface area contributed by atoms with Gasteiger partial charge in [-0.25, -0.2) is 0 Å². The fraction of sp³-hybridized carbons (Fsp3) is 0.545. The van der Waals surface area contributed by atoms with E-state index in [2.05, 4.69) is 20.3 Å². The number of carbonyl (C=O) groups is 2. The number of aromatic nitrogens is 1. The second kappa shape index (κ2) is 7.15. The summed E-state index contributed by atoms with van der Waals surface area (Å²) in [6.07, 6.45) is 3.74. The highest BCUT2D eigenvalue weighted by Gasteiger charge is 2.23. The zero-order chi connectivity index (χ0) is 14.3. The second-order valence-corrected chi connectivity index (χ2v) is 5.25. The Kier molecular flexibility index (Phi) is 5.84. The number of nitrogens with zero attached hydrogens (tertiary/aromatic N) is 1. The molecule has 0 aromatic carbocycles. The van der Waals surface area contributed by atoms with Gasteiger partial charge in [0.1, 0.15) is 6.26 Å². The van der Waals surface area contributed by atoms with Gasteiger partial charge in [0.15, 0.2) is 5.82 Å². The van der Waals surface area contributed by atoms with Crippen molar-refractivity contribution in [1.29, 1.82) is 0 Å². The van der Waals surface area contributed by atoms with Crippen LogP contribution in [-0.2, 0) is 9.59 Å². The molecule has 106 valence electrons. The van der Waals surface area contributed by atoms with Gasteiger partial charge in [-0.15, -0.1) is 0 Å². The normalized spacial score (nSPS) is 13.6. The lowest BCUT2D eigenvalue weighted by Gasteiger charge is -2.22. The van der Waals surface area contributed by atoms with Crippen molar-refractivity contribution < 1.29 is 19.2 Å². The Labute approximate surface area is 115 Å². The third-order valence-corrected chi connectivity index (χ3v) is 2.97. The molecule has 0 unspecified atom stereocenters. The molecule has 1 atom stereocenters. The number of anilines is 1. The zero-order valence-electron chi connectivity index (χ0n) is 10.8. The SMILES string of the molecule is CSCC[C@@](C)(O)CNC(=O)C(=O)Nc1ccon1. The summed E-state index contributed by atoms with van der Waals surface area (Å²) in [5, 5.41) is 18.0. The topological polar surface area (TPSA) is 104 Å². The van der Waals surface area contributed by atoms with Crippen LogP contribution in [0.1, 0.15) is 13.3 Å². The molecular formula is C11H17N3O4S. The molecule has 8 heteroatoms. The Balaban J connectivity index is 2.36. The van der Waals surface area contributed by atoms with Crippen molar-refractivity contribution in [2.75, 3.05) is 23.9 Å². The Morgan fingerprint density at radius 2 is 2.26 bits per heavy atom. The Hall–Kier alpha value is -1.54. The number of amides is 2. The van der Waals surface area contributed by atoms with Gasteiger partial charge >= 0.3 is 11.8 Å². The minimum absolute atomic E-state index is 0.0125. The van der Waals surface area contributed by atoms with Crippen LogP contribution >= 0.6 is 11.8 Å². The highest BCUT2D eigenvalue weighted by atomic mass is 32.2. The average molecular weight is 287 g/mol. The minimum atomic E-state index is -1.03. The molecule has 1 aromatic heterocycles. The number of aliphatic hydroxyl groups is 1. The van der Waals surface area contributed by atoms with E-state index in [0.717, 1.165) is 5.75 Å². The molecule has 0 saturated heterocycles. The van der Waals surface area contributed by atoms with Gasteiger partial charge in [0.05, 0.1) is 5.60 Å². The second-order valence-electron chi connectivity index (χ2n) is 4.26. The molecule has 0 spiro atoms. The van der Waals surface area contributed by atoms with E-state index in [1.807, 2.05) is 6.26 Å². The first-order valence-electron chi connectivity index (χ1n) is 5.65. The lowest BCUT2D eigenvalue weighted by molar-refractivity contribution is -0.136. The summed E-state index contributed by atoms with van der Waals surface area (Å²) >= 11 is 1.60. The standard InChI is InChI=1S/C11H17N3O4S/c1-11(17,4-6-19-2)7-12-9(15)10(16)13-8-3-5-18-14-8/h3,5,17H,4,6-7H2,1-2H3,(H,12,15)(H,13,14,16)/t11-/m1/s1. The van der Waals surface area contributed by atoms with Gasteiger partial charge in [0.25, 0.3) is 0 Å². The predicted molar refractivity (Wildman–Crippen MR) is 71.8 cm³/mol. The van der Waals surface area contributed by atoms with E-state index in [1.54, 1.807) is 18.7 Å². The highest BCUT2D eigenvalue weighted by Crippen LogP contribution is 2.11. The summed E-state index contributed by atoms with van der Waals surface area (Å²) in [5.74, 6) is -0.745. The molecule has 3 N–H and O–H groups in total. The van der Waals surface area contributed by atoms with Crippen LogP contribution in [0.15, 0.2) is 16.9 Å². The summed E-state index contributed by atoms with van der Waals surface area (Å²) in [6, 6.07) is 1.42. The number of nitrogens with one attached hydrogen (secondary N) is 2. The molecule has 7 nitrogen and oxygen atoms in total. The largest absolute Gasteiger partial charge is 0.388 e. The van der Waals surface area contributed by atoms with E-state index in [0.29, 0.717) is 6.42 Å². The van der Waals surface area contributed by atoms with Gasteiger partial charge in [-0.05, 0) is 25.4 Å². The maximum absolute atomic E-state index is 11.5. The maximum Gasteiger partial charge on any atom is 0.314 e. The summed E-state index contributed by atoms with van der Waals surface area (Å²) in [7, 11) is 0. The molecule has 0 fully saturated rings. The minimum Gasteiger partial charge on any atom is -0.388 e.